The lowest BCUT2D eigenvalue weighted by Gasteiger charge is -2.21. The minimum absolute atomic E-state index is 0.0214. The number of carbonyl (C=O) groups is 2. The Morgan fingerprint density at radius 2 is 1.73 bits per heavy atom. The number of carbonyl (C=O) groups excluding carboxylic acids is 2. The minimum atomic E-state index is -0.242. The van der Waals surface area contributed by atoms with E-state index < -0.39 is 0 Å². The van der Waals surface area contributed by atoms with Crippen LogP contribution < -0.4 is 0 Å². The van der Waals surface area contributed by atoms with Crippen molar-refractivity contribution >= 4 is 11.9 Å². The number of ether oxygens (including phenoxy) is 2. The van der Waals surface area contributed by atoms with Crippen molar-refractivity contribution in [2.75, 3.05) is 0 Å². The van der Waals surface area contributed by atoms with Gasteiger partial charge < -0.3 is 9.47 Å². The predicted octanol–water partition coefficient (Wildman–Crippen LogP) is 1.28. The van der Waals surface area contributed by atoms with Gasteiger partial charge in [-0.25, -0.2) is 0 Å². The molecule has 0 amide bonds. The van der Waals surface area contributed by atoms with Gasteiger partial charge in [0.1, 0.15) is 12.2 Å². The highest BCUT2D eigenvalue weighted by atomic mass is 16.6. The number of hydrogen-bond acceptors (Lipinski definition) is 4. The summed E-state index contributed by atoms with van der Waals surface area (Å²) in [6.45, 7) is 2.85. The molecular formula is C11H16O4. The Kier molecular flexibility index (Phi) is 2.67. The van der Waals surface area contributed by atoms with E-state index in [1.54, 1.807) is 0 Å². The van der Waals surface area contributed by atoms with Crippen LogP contribution in [0.25, 0.3) is 0 Å². The summed E-state index contributed by atoms with van der Waals surface area (Å²) in [6.07, 6.45) is 2.88. The Hall–Kier alpha value is -1.06. The molecule has 2 bridgehead atoms. The Morgan fingerprint density at radius 3 is 2.33 bits per heavy atom. The van der Waals surface area contributed by atoms with Crippen LogP contribution >= 0.6 is 0 Å². The Labute approximate surface area is 88.9 Å². The van der Waals surface area contributed by atoms with Crippen LogP contribution in [0, 0.1) is 11.8 Å². The van der Waals surface area contributed by atoms with Gasteiger partial charge in [-0.1, -0.05) is 0 Å². The second-order valence-electron chi connectivity index (χ2n) is 4.46. The maximum absolute atomic E-state index is 10.9. The summed E-state index contributed by atoms with van der Waals surface area (Å²) in [5.41, 5.74) is 0. The highest BCUT2D eigenvalue weighted by Gasteiger charge is 2.51. The van der Waals surface area contributed by atoms with Crippen LogP contribution in [0.4, 0.5) is 0 Å². The molecule has 2 rings (SSSR count). The number of fused-ring (bicyclic) bond motifs is 2. The lowest BCUT2D eigenvalue weighted by Crippen LogP contribution is -2.27. The summed E-state index contributed by atoms with van der Waals surface area (Å²) in [7, 11) is 0. The fraction of sp³-hybridized carbons (Fsp3) is 0.818. The summed E-state index contributed by atoms with van der Waals surface area (Å²) in [4.78, 5) is 21.8. The van der Waals surface area contributed by atoms with E-state index in [9.17, 15) is 9.59 Å². The molecule has 4 atom stereocenters. The Bertz CT molecular complexity index is 286. The van der Waals surface area contributed by atoms with Crippen LogP contribution in [0.5, 0.6) is 0 Å². The molecule has 2 aliphatic rings. The van der Waals surface area contributed by atoms with Gasteiger partial charge in [0.25, 0.3) is 0 Å². The summed E-state index contributed by atoms with van der Waals surface area (Å²) < 4.78 is 10.5. The van der Waals surface area contributed by atoms with Crippen LogP contribution in [-0.4, -0.2) is 24.1 Å². The van der Waals surface area contributed by atoms with E-state index in [-0.39, 0.29) is 30.1 Å². The molecule has 0 N–H and O–H groups in total. The molecule has 4 nitrogen and oxygen atoms in total. The third-order valence-corrected chi connectivity index (χ3v) is 3.39. The van der Waals surface area contributed by atoms with E-state index in [1.165, 1.54) is 13.8 Å². The molecule has 4 heteroatoms. The molecule has 2 saturated carbocycles. The van der Waals surface area contributed by atoms with Gasteiger partial charge in [0.15, 0.2) is 0 Å². The largest absolute Gasteiger partial charge is 0.462 e. The molecule has 0 spiro atoms. The first-order valence-electron chi connectivity index (χ1n) is 5.42. The van der Waals surface area contributed by atoms with Gasteiger partial charge in [-0.2, -0.15) is 0 Å². The monoisotopic (exact) mass is 212 g/mol. The lowest BCUT2D eigenvalue weighted by atomic mass is 9.98. The van der Waals surface area contributed by atoms with Crippen LogP contribution in [-0.2, 0) is 19.1 Å². The van der Waals surface area contributed by atoms with Gasteiger partial charge in [-0.3, -0.25) is 9.59 Å². The van der Waals surface area contributed by atoms with E-state index in [1.807, 2.05) is 0 Å². The average Bonchev–Trinajstić information content (AvgIpc) is 2.60. The van der Waals surface area contributed by atoms with Crippen molar-refractivity contribution in [2.24, 2.45) is 11.8 Å². The molecular weight excluding hydrogens is 196 g/mol. The molecule has 0 heterocycles. The average molecular weight is 212 g/mol. The van der Waals surface area contributed by atoms with Crippen LogP contribution in [0.1, 0.15) is 33.1 Å². The fourth-order valence-electron chi connectivity index (χ4n) is 2.93. The maximum Gasteiger partial charge on any atom is 0.302 e. The topological polar surface area (TPSA) is 52.6 Å². The maximum atomic E-state index is 10.9. The summed E-state index contributed by atoms with van der Waals surface area (Å²) in [6, 6.07) is 0. The highest BCUT2D eigenvalue weighted by molar-refractivity contribution is 5.67. The van der Waals surface area contributed by atoms with Crippen molar-refractivity contribution in [3.63, 3.8) is 0 Å². The number of esters is 2. The molecule has 2 fully saturated rings. The van der Waals surface area contributed by atoms with Crippen molar-refractivity contribution in [1.29, 1.82) is 0 Å². The standard InChI is InChI=1S/C11H16O4/c1-6(12)14-10-5-8-3-4-9(10)11(8)15-7(2)13/h8-11H,3-5H2,1-2H3. The first-order valence-corrected chi connectivity index (χ1v) is 5.42. The van der Waals surface area contributed by atoms with Crippen molar-refractivity contribution in [2.45, 2.75) is 45.3 Å². The Balaban J connectivity index is 1.99. The first-order chi connectivity index (χ1) is 7.08. The van der Waals surface area contributed by atoms with Crippen LogP contribution in [0.15, 0.2) is 0 Å². The zero-order chi connectivity index (χ0) is 11.0. The van der Waals surface area contributed by atoms with Crippen LogP contribution in [0.3, 0.4) is 0 Å². The lowest BCUT2D eigenvalue weighted by molar-refractivity contribution is -0.152. The normalized spacial score (nSPS) is 37.7. The van der Waals surface area contributed by atoms with E-state index in [0.29, 0.717) is 5.92 Å². The molecule has 4 unspecified atom stereocenters. The molecule has 15 heavy (non-hydrogen) atoms. The summed E-state index contributed by atoms with van der Waals surface area (Å²) >= 11 is 0. The molecule has 0 saturated heterocycles. The smallest absolute Gasteiger partial charge is 0.302 e. The third kappa shape index (κ3) is 1.98. The van der Waals surface area contributed by atoms with Crippen molar-refractivity contribution in [1.82, 2.24) is 0 Å². The minimum Gasteiger partial charge on any atom is -0.462 e. The zero-order valence-electron chi connectivity index (χ0n) is 9.06. The van der Waals surface area contributed by atoms with E-state index in [2.05, 4.69) is 0 Å². The van der Waals surface area contributed by atoms with E-state index in [4.69, 9.17) is 9.47 Å². The van der Waals surface area contributed by atoms with Crippen molar-refractivity contribution < 1.29 is 19.1 Å². The summed E-state index contributed by atoms with van der Waals surface area (Å²) in [5.74, 6) is 0.139. The van der Waals surface area contributed by atoms with E-state index >= 15 is 0 Å². The van der Waals surface area contributed by atoms with Gasteiger partial charge >= 0.3 is 11.9 Å². The number of rotatable bonds is 2. The van der Waals surface area contributed by atoms with E-state index in [0.717, 1.165) is 19.3 Å². The molecule has 0 aromatic heterocycles. The quantitative estimate of drug-likeness (QED) is 0.647. The van der Waals surface area contributed by atoms with Crippen molar-refractivity contribution in [3.05, 3.63) is 0 Å². The van der Waals surface area contributed by atoms with Gasteiger partial charge in [-0.05, 0) is 25.2 Å². The SMILES string of the molecule is CC(=O)OC1CC2CCC1C2OC(C)=O. The summed E-state index contributed by atoms with van der Waals surface area (Å²) in [5, 5.41) is 0. The van der Waals surface area contributed by atoms with Gasteiger partial charge in [-0.15, -0.1) is 0 Å². The predicted molar refractivity (Wildman–Crippen MR) is 51.9 cm³/mol. The second-order valence-corrected chi connectivity index (χ2v) is 4.46. The Morgan fingerprint density at radius 1 is 1.07 bits per heavy atom. The molecule has 84 valence electrons. The second kappa shape index (κ2) is 3.83. The first kappa shape index (κ1) is 10.5. The van der Waals surface area contributed by atoms with Gasteiger partial charge in [0.05, 0.1) is 0 Å². The van der Waals surface area contributed by atoms with Crippen LogP contribution in [0.2, 0.25) is 0 Å². The molecule has 0 radical (unpaired) electrons. The molecule has 0 aromatic rings. The molecule has 0 aromatic carbocycles. The van der Waals surface area contributed by atoms with Crippen molar-refractivity contribution in [3.8, 4) is 0 Å². The number of hydrogen-bond donors (Lipinski definition) is 0. The molecule has 2 aliphatic carbocycles. The highest BCUT2D eigenvalue weighted by Crippen LogP contribution is 2.47. The fourth-order valence-corrected chi connectivity index (χ4v) is 2.93. The zero-order valence-corrected chi connectivity index (χ0v) is 9.06. The third-order valence-electron chi connectivity index (χ3n) is 3.39. The van der Waals surface area contributed by atoms with Gasteiger partial charge in [0.2, 0.25) is 0 Å². The van der Waals surface area contributed by atoms with Gasteiger partial charge in [0, 0.05) is 19.8 Å². The molecule has 0 aliphatic heterocycles.